The summed E-state index contributed by atoms with van der Waals surface area (Å²) in [7, 11) is 3.54. The Morgan fingerprint density at radius 2 is 2.12 bits per heavy atom. The molecule has 1 aliphatic carbocycles. The molecule has 24 heavy (non-hydrogen) atoms. The van der Waals surface area contributed by atoms with Gasteiger partial charge >= 0.3 is 0 Å². The van der Waals surface area contributed by atoms with E-state index in [-0.39, 0.29) is 35.0 Å². The molecular formula is C18H27IN4O. The third-order valence-corrected chi connectivity index (χ3v) is 5.33. The van der Waals surface area contributed by atoms with Crippen molar-refractivity contribution < 1.29 is 4.74 Å². The van der Waals surface area contributed by atoms with E-state index in [9.17, 15) is 0 Å². The molecule has 0 aliphatic heterocycles. The van der Waals surface area contributed by atoms with Crippen LogP contribution in [0.15, 0.2) is 29.3 Å². The fourth-order valence-electron chi connectivity index (χ4n) is 3.02. The maximum absolute atomic E-state index is 8.96. The Hall–Kier alpha value is -1.33. The van der Waals surface area contributed by atoms with Gasteiger partial charge in [0.2, 0.25) is 0 Å². The molecule has 0 heterocycles. The zero-order valence-electron chi connectivity index (χ0n) is 15.0. The van der Waals surface area contributed by atoms with E-state index in [1.54, 1.807) is 20.2 Å². The highest BCUT2D eigenvalue weighted by atomic mass is 127. The maximum Gasteiger partial charge on any atom is 0.191 e. The van der Waals surface area contributed by atoms with Gasteiger partial charge in [0, 0.05) is 32.2 Å². The Kier molecular flexibility index (Phi) is 7.05. The number of hydrogen-bond donors (Lipinski definition) is 2. The molecule has 1 fully saturated rings. The maximum atomic E-state index is 8.96. The zero-order valence-corrected chi connectivity index (χ0v) is 17.3. The Morgan fingerprint density at radius 1 is 1.42 bits per heavy atom. The number of nitriles is 1. The quantitative estimate of drug-likeness (QED) is 0.427. The molecule has 0 bridgehead atoms. The number of methoxy groups -OCH3 is 1. The fourth-order valence-corrected chi connectivity index (χ4v) is 3.02. The van der Waals surface area contributed by atoms with Crippen molar-refractivity contribution in [3.8, 4) is 6.07 Å². The number of guanidine groups is 1. The lowest BCUT2D eigenvalue weighted by molar-refractivity contribution is -0.176. The van der Waals surface area contributed by atoms with E-state index in [0.717, 1.165) is 17.9 Å². The van der Waals surface area contributed by atoms with E-state index in [2.05, 4.69) is 42.5 Å². The van der Waals surface area contributed by atoms with Crippen LogP contribution < -0.4 is 10.6 Å². The van der Waals surface area contributed by atoms with Gasteiger partial charge in [-0.05, 0) is 31.0 Å². The Labute approximate surface area is 161 Å². The normalized spacial score (nSPS) is 25.0. The molecule has 2 unspecified atom stereocenters. The third-order valence-electron chi connectivity index (χ3n) is 5.33. The second kappa shape index (κ2) is 8.17. The average molecular weight is 442 g/mol. The first-order chi connectivity index (χ1) is 10.9. The predicted octanol–water partition coefficient (Wildman–Crippen LogP) is 3.04. The smallest absolute Gasteiger partial charge is 0.191 e. The second-order valence-electron chi connectivity index (χ2n) is 6.80. The van der Waals surface area contributed by atoms with Gasteiger partial charge in [0.1, 0.15) is 0 Å². The summed E-state index contributed by atoms with van der Waals surface area (Å²) < 4.78 is 5.66. The lowest BCUT2D eigenvalue weighted by Gasteiger charge is -2.59. The van der Waals surface area contributed by atoms with Gasteiger partial charge < -0.3 is 15.4 Å². The van der Waals surface area contributed by atoms with Crippen LogP contribution in [0.5, 0.6) is 0 Å². The molecule has 6 heteroatoms. The minimum atomic E-state index is -0.107. The largest absolute Gasteiger partial charge is 0.378 e. The summed E-state index contributed by atoms with van der Waals surface area (Å²) >= 11 is 0. The molecular weight excluding hydrogens is 415 g/mol. The van der Waals surface area contributed by atoms with Crippen LogP contribution in [0.2, 0.25) is 0 Å². The lowest BCUT2D eigenvalue weighted by atomic mass is 9.56. The third kappa shape index (κ3) is 4.01. The van der Waals surface area contributed by atoms with Crippen LogP contribution in [-0.4, -0.2) is 31.8 Å². The molecule has 0 aromatic heterocycles. The first kappa shape index (κ1) is 20.7. The molecule has 1 aliphatic rings. The highest BCUT2D eigenvalue weighted by Gasteiger charge is 2.58. The van der Waals surface area contributed by atoms with Crippen molar-refractivity contribution in [3.05, 3.63) is 35.4 Å². The molecule has 132 valence electrons. The number of benzene rings is 1. The van der Waals surface area contributed by atoms with E-state index in [0.29, 0.717) is 18.2 Å². The number of halogens is 1. The summed E-state index contributed by atoms with van der Waals surface area (Å²) in [5, 5.41) is 15.7. The first-order valence-corrected chi connectivity index (χ1v) is 7.87. The van der Waals surface area contributed by atoms with Crippen molar-refractivity contribution >= 4 is 29.9 Å². The lowest BCUT2D eigenvalue weighted by Crippen LogP contribution is -2.69. The van der Waals surface area contributed by atoms with E-state index < -0.39 is 0 Å². The number of ether oxygens (including phenoxy) is 1. The van der Waals surface area contributed by atoms with Crippen molar-refractivity contribution in [1.82, 2.24) is 10.6 Å². The summed E-state index contributed by atoms with van der Waals surface area (Å²) in [6.45, 7) is 7.20. The molecule has 2 rings (SSSR count). The Balaban J connectivity index is 0.00000288. The van der Waals surface area contributed by atoms with Gasteiger partial charge in [-0.2, -0.15) is 5.26 Å². The summed E-state index contributed by atoms with van der Waals surface area (Å²) in [4.78, 5) is 4.30. The van der Waals surface area contributed by atoms with Crippen molar-refractivity contribution in [2.24, 2.45) is 10.4 Å². The number of nitrogens with one attached hydrogen (secondary N) is 2. The molecule has 0 radical (unpaired) electrons. The molecule has 1 aromatic rings. The van der Waals surface area contributed by atoms with Crippen LogP contribution in [0.3, 0.4) is 0 Å². The summed E-state index contributed by atoms with van der Waals surface area (Å²) in [5.41, 5.74) is 1.65. The van der Waals surface area contributed by atoms with E-state index in [1.807, 2.05) is 18.2 Å². The van der Waals surface area contributed by atoms with Crippen molar-refractivity contribution in [3.63, 3.8) is 0 Å². The van der Waals surface area contributed by atoms with Gasteiger partial charge in [-0.25, -0.2) is 0 Å². The van der Waals surface area contributed by atoms with Gasteiger partial charge in [-0.15, -0.1) is 24.0 Å². The van der Waals surface area contributed by atoms with Gasteiger partial charge in [-0.1, -0.05) is 26.0 Å². The van der Waals surface area contributed by atoms with Crippen LogP contribution in [0, 0.1) is 16.7 Å². The number of rotatable bonds is 4. The minimum Gasteiger partial charge on any atom is -0.378 e. The minimum absolute atomic E-state index is 0. The molecule has 1 saturated carbocycles. The molecule has 0 saturated heterocycles. The predicted molar refractivity (Wildman–Crippen MR) is 108 cm³/mol. The summed E-state index contributed by atoms with van der Waals surface area (Å²) in [5.74, 6) is 0.767. The van der Waals surface area contributed by atoms with Crippen LogP contribution in [-0.2, 0) is 11.3 Å². The highest BCUT2D eigenvalue weighted by molar-refractivity contribution is 14.0. The van der Waals surface area contributed by atoms with Crippen LogP contribution in [0.4, 0.5) is 0 Å². The summed E-state index contributed by atoms with van der Waals surface area (Å²) in [6, 6.07) is 10.0. The second-order valence-corrected chi connectivity index (χ2v) is 6.80. The monoisotopic (exact) mass is 442 g/mol. The van der Waals surface area contributed by atoms with E-state index in [1.165, 1.54) is 0 Å². The van der Waals surface area contributed by atoms with Gasteiger partial charge in [-0.3, -0.25) is 4.99 Å². The average Bonchev–Trinajstić information content (AvgIpc) is 2.57. The molecule has 2 N–H and O–H groups in total. The van der Waals surface area contributed by atoms with E-state index >= 15 is 0 Å². The van der Waals surface area contributed by atoms with Gasteiger partial charge in [0.15, 0.2) is 5.96 Å². The van der Waals surface area contributed by atoms with Crippen LogP contribution in [0.1, 0.15) is 38.3 Å². The van der Waals surface area contributed by atoms with Gasteiger partial charge in [0.25, 0.3) is 0 Å². The SMILES string of the molecule is CN=C(NCc1cccc(C#N)c1)NC1CC(C)(OC)C1(C)C.I. The Bertz CT molecular complexity index is 638. The standard InChI is InChI=1S/C18H26N4O.HI/c1-17(2)15(10-18(17,3)23-5)22-16(20-4)21-12-14-8-6-7-13(9-14)11-19;/h6-9,15H,10,12H2,1-5H3,(H2,20,21,22);1H. The van der Waals surface area contributed by atoms with Crippen molar-refractivity contribution in [1.29, 1.82) is 5.26 Å². The fraction of sp³-hybridized carbons (Fsp3) is 0.556. The van der Waals surface area contributed by atoms with Gasteiger partial charge in [0.05, 0.1) is 17.2 Å². The topological polar surface area (TPSA) is 69.4 Å². The Morgan fingerprint density at radius 3 is 2.67 bits per heavy atom. The molecule has 0 spiro atoms. The first-order valence-electron chi connectivity index (χ1n) is 7.87. The summed E-state index contributed by atoms with van der Waals surface area (Å²) in [6.07, 6.45) is 0.946. The van der Waals surface area contributed by atoms with E-state index in [4.69, 9.17) is 10.00 Å². The highest BCUT2D eigenvalue weighted by Crippen LogP contribution is 2.51. The molecule has 0 amide bonds. The number of aliphatic imine (C=N–C) groups is 1. The molecule has 2 atom stereocenters. The zero-order chi connectivity index (χ0) is 17.1. The number of hydrogen-bond acceptors (Lipinski definition) is 3. The molecule has 1 aromatic carbocycles. The van der Waals surface area contributed by atoms with Crippen molar-refractivity contribution in [2.45, 2.75) is 45.4 Å². The molecule has 5 nitrogen and oxygen atoms in total. The van der Waals surface area contributed by atoms with Crippen LogP contribution >= 0.6 is 24.0 Å². The van der Waals surface area contributed by atoms with Crippen LogP contribution in [0.25, 0.3) is 0 Å². The van der Waals surface area contributed by atoms with Crippen molar-refractivity contribution in [2.75, 3.05) is 14.2 Å². The number of nitrogens with zero attached hydrogens (tertiary/aromatic N) is 2.